The molecule has 1 atom stereocenters. The maximum atomic E-state index is 12.3. The highest BCUT2D eigenvalue weighted by Gasteiger charge is 2.13. The van der Waals surface area contributed by atoms with E-state index in [9.17, 15) is 4.79 Å². The number of benzene rings is 1. The first-order chi connectivity index (χ1) is 11.4. The molecule has 0 bridgehead atoms. The summed E-state index contributed by atoms with van der Waals surface area (Å²) in [6, 6.07) is 8.03. The van der Waals surface area contributed by atoms with Gasteiger partial charge in [0.25, 0.3) is 5.91 Å². The first-order valence-corrected chi connectivity index (χ1v) is 8.46. The van der Waals surface area contributed by atoms with E-state index in [1.54, 1.807) is 13.0 Å². The number of hydrogen-bond acceptors (Lipinski definition) is 4. The van der Waals surface area contributed by atoms with E-state index in [4.69, 9.17) is 0 Å². The van der Waals surface area contributed by atoms with Crippen LogP contribution in [-0.4, -0.2) is 21.9 Å². The van der Waals surface area contributed by atoms with Crippen LogP contribution in [0.15, 0.2) is 24.3 Å². The van der Waals surface area contributed by atoms with E-state index in [0.29, 0.717) is 17.3 Å². The average molecular weight is 326 g/mol. The Morgan fingerprint density at radius 1 is 1.21 bits per heavy atom. The van der Waals surface area contributed by atoms with E-state index < -0.39 is 0 Å². The van der Waals surface area contributed by atoms with Crippen LogP contribution in [-0.2, 0) is 6.42 Å². The fourth-order valence-corrected chi connectivity index (χ4v) is 2.48. The van der Waals surface area contributed by atoms with Crippen LogP contribution in [0.4, 0.5) is 11.5 Å². The Morgan fingerprint density at radius 2 is 1.96 bits per heavy atom. The molecule has 2 rings (SSSR count). The summed E-state index contributed by atoms with van der Waals surface area (Å²) in [5, 5.41) is 6.31. The second kappa shape index (κ2) is 7.90. The normalized spacial score (nSPS) is 11.9. The Labute approximate surface area is 143 Å². The Hall–Kier alpha value is -2.43. The number of aryl methyl sites for hydroxylation is 3. The van der Waals surface area contributed by atoms with Crippen molar-refractivity contribution in [2.24, 2.45) is 0 Å². The van der Waals surface area contributed by atoms with Crippen molar-refractivity contribution in [3.63, 3.8) is 0 Å². The summed E-state index contributed by atoms with van der Waals surface area (Å²) in [6.07, 6.45) is 1.80. The Balaban J connectivity index is 2.31. The SMILES string of the molecule is CCc1cccc(C)c1Nc1cc(C(=O)NC(C)CC)nc(C)n1. The van der Waals surface area contributed by atoms with Gasteiger partial charge in [-0.3, -0.25) is 4.79 Å². The highest BCUT2D eigenvalue weighted by molar-refractivity contribution is 5.93. The van der Waals surface area contributed by atoms with Gasteiger partial charge in [0.1, 0.15) is 17.3 Å². The summed E-state index contributed by atoms with van der Waals surface area (Å²) in [5.74, 6) is 1.04. The summed E-state index contributed by atoms with van der Waals surface area (Å²) in [5.41, 5.74) is 3.80. The molecule has 0 aliphatic heterocycles. The average Bonchev–Trinajstić information content (AvgIpc) is 2.56. The summed E-state index contributed by atoms with van der Waals surface area (Å²) in [6.45, 7) is 9.99. The number of hydrogen-bond donors (Lipinski definition) is 2. The van der Waals surface area contributed by atoms with Gasteiger partial charge >= 0.3 is 0 Å². The summed E-state index contributed by atoms with van der Waals surface area (Å²) >= 11 is 0. The first kappa shape index (κ1) is 17.9. The van der Waals surface area contributed by atoms with Gasteiger partial charge in [-0.15, -0.1) is 0 Å². The third-order valence-corrected chi connectivity index (χ3v) is 4.05. The van der Waals surface area contributed by atoms with Crippen LogP contribution >= 0.6 is 0 Å². The Bertz CT molecular complexity index is 727. The topological polar surface area (TPSA) is 66.9 Å². The molecule has 1 aromatic heterocycles. The molecule has 2 N–H and O–H groups in total. The van der Waals surface area contributed by atoms with Crippen LogP contribution in [0.2, 0.25) is 0 Å². The van der Waals surface area contributed by atoms with Gasteiger partial charge in [-0.2, -0.15) is 0 Å². The summed E-state index contributed by atoms with van der Waals surface area (Å²) < 4.78 is 0. The van der Waals surface area contributed by atoms with Crippen LogP contribution in [0.5, 0.6) is 0 Å². The molecule has 5 heteroatoms. The smallest absolute Gasteiger partial charge is 0.270 e. The monoisotopic (exact) mass is 326 g/mol. The molecule has 1 aromatic carbocycles. The van der Waals surface area contributed by atoms with Crippen LogP contribution in [0.25, 0.3) is 0 Å². The summed E-state index contributed by atoms with van der Waals surface area (Å²) in [4.78, 5) is 21.0. The molecular formula is C19H26N4O. The van der Waals surface area contributed by atoms with Crippen molar-refractivity contribution in [2.75, 3.05) is 5.32 Å². The van der Waals surface area contributed by atoms with Crippen molar-refractivity contribution >= 4 is 17.4 Å². The predicted octanol–water partition coefficient (Wildman–Crippen LogP) is 3.93. The lowest BCUT2D eigenvalue weighted by Gasteiger charge is -2.15. The van der Waals surface area contributed by atoms with Crippen LogP contribution in [0, 0.1) is 13.8 Å². The van der Waals surface area contributed by atoms with Gasteiger partial charge in [-0.05, 0) is 44.7 Å². The molecule has 1 heterocycles. The van der Waals surface area contributed by atoms with Crippen LogP contribution < -0.4 is 10.6 Å². The minimum atomic E-state index is -0.168. The van der Waals surface area contributed by atoms with Gasteiger partial charge in [0, 0.05) is 17.8 Å². The van der Waals surface area contributed by atoms with E-state index >= 15 is 0 Å². The van der Waals surface area contributed by atoms with Crippen molar-refractivity contribution in [2.45, 2.75) is 53.5 Å². The standard InChI is InChI=1S/C19H26N4O/c1-6-13(4)20-19(24)16-11-17(22-14(5)21-16)23-18-12(3)9-8-10-15(18)7-2/h8-11,13H,6-7H2,1-5H3,(H,20,24)(H,21,22,23). The molecule has 0 fully saturated rings. The molecule has 0 saturated carbocycles. The van der Waals surface area contributed by atoms with Crippen molar-refractivity contribution in [1.29, 1.82) is 0 Å². The number of carbonyl (C=O) groups is 1. The molecule has 1 amide bonds. The van der Waals surface area contributed by atoms with Crippen molar-refractivity contribution in [3.05, 3.63) is 46.9 Å². The zero-order valence-corrected chi connectivity index (χ0v) is 15.1. The molecule has 128 valence electrons. The minimum Gasteiger partial charge on any atom is -0.348 e. The zero-order chi connectivity index (χ0) is 17.7. The van der Waals surface area contributed by atoms with E-state index in [0.717, 1.165) is 24.1 Å². The lowest BCUT2D eigenvalue weighted by Crippen LogP contribution is -2.32. The van der Waals surface area contributed by atoms with Crippen molar-refractivity contribution in [3.8, 4) is 0 Å². The molecule has 0 radical (unpaired) electrons. The molecule has 24 heavy (non-hydrogen) atoms. The zero-order valence-electron chi connectivity index (χ0n) is 15.1. The van der Waals surface area contributed by atoms with Gasteiger partial charge in [0.2, 0.25) is 0 Å². The number of anilines is 2. The molecule has 0 aliphatic carbocycles. The Kier molecular flexibility index (Phi) is 5.90. The van der Waals surface area contributed by atoms with Crippen LogP contribution in [0.1, 0.15) is 54.6 Å². The second-order valence-corrected chi connectivity index (χ2v) is 6.06. The number of para-hydroxylation sites is 1. The second-order valence-electron chi connectivity index (χ2n) is 6.06. The van der Waals surface area contributed by atoms with Gasteiger partial charge in [0.15, 0.2) is 0 Å². The number of nitrogens with zero attached hydrogens (tertiary/aromatic N) is 2. The molecule has 1 unspecified atom stereocenters. The number of rotatable bonds is 6. The maximum Gasteiger partial charge on any atom is 0.270 e. The quantitative estimate of drug-likeness (QED) is 0.844. The lowest BCUT2D eigenvalue weighted by molar-refractivity contribution is 0.0934. The fourth-order valence-electron chi connectivity index (χ4n) is 2.48. The lowest BCUT2D eigenvalue weighted by atomic mass is 10.1. The molecule has 0 aliphatic rings. The minimum absolute atomic E-state index is 0.118. The van der Waals surface area contributed by atoms with E-state index in [1.165, 1.54) is 5.56 Å². The van der Waals surface area contributed by atoms with Crippen molar-refractivity contribution < 1.29 is 4.79 Å². The largest absolute Gasteiger partial charge is 0.348 e. The predicted molar refractivity (Wildman–Crippen MR) is 97.8 cm³/mol. The third-order valence-electron chi connectivity index (χ3n) is 4.05. The summed E-state index contributed by atoms with van der Waals surface area (Å²) in [7, 11) is 0. The highest BCUT2D eigenvalue weighted by Crippen LogP contribution is 2.24. The van der Waals surface area contributed by atoms with Gasteiger partial charge in [-0.25, -0.2) is 9.97 Å². The number of aromatic nitrogens is 2. The Morgan fingerprint density at radius 3 is 2.62 bits per heavy atom. The molecule has 2 aromatic rings. The fraction of sp³-hybridized carbons (Fsp3) is 0.421. The van der Waals surface area contributed by atoms with E-state index in [1.807, 2.05) is 13.8 Å². The van der Waals surface area contributed by atoms with Crippen molar-refractivity contribution in [1.82, 2.24) is 15.3 Å². The van der Waals surface area contributed by atoms with Gasteiger partial charge in [-0.1, -0.05) is 32.0 Å². The van der Waals surface area contributed by atoms with E-state index in [-0.39, 0.29) is 11.9 Å². The van der Waals surface area contributed by atoms with Gasteiger partial charge in [0.05, 0.1) is 0 Å². The molecule has 0 spiro atoms. The highest BCUT2D eigenvalue weighted by atomic mass is 16.1. The first-order valence-electron chi connectivity index (χ1n) is 8.46. The number of amides is 1. The number of nitrogens with one attached hydrogen (secondary N) is 2. The van der Waals surface area contributed by atoms with E-state index in [2.05, 4.69) is 52.6 Å². The van der Waals surface area contributed by atoms with Gasteiger partial charge < -0.3 is 10.6 Å². The number of carbonyl (C=O) groups excluding carboxylic acids is 1. The molecule has 5 nitrogen and oxygen atoms in total. The van der Waals surface area contributed by atoms with Crippen LogP contribution in [0.3, 0.4) is 0 Å². The molecular weight excluding hydrogens is 300 g/mol. The third kappa shape index (κ3) is 4.31. The molecule has 0 saturated heterocycles. The maximum absolute atomic E-state index is 12.3.